The van der Waals surface area contributed by atoms with Gasteiger partial charge in [-0.15, -0.1) is 0 Å². The van der Waals surface area contributed by atoms with Crippen molar-refractivity contribution in [3.05, 3.63) is 54.4 Å². The monoisotopic (exact) mass is 323 g/mol. The summed E-state index contributed by atoms with van der Waals surface area (Å²) in [5.41, 5.74) is 1.94. The van der Waals surface area contributed by atoms with Crippen molar-refractivity contribution in [1.29, 1.82) is 0 Å². The average molecular weight is 323 g/mol. The lowest BCUT2D eigenvalue weighted by Crippen LogP contribution is -2.24. The molecule has 1 saturated carbocycles. The van der Waals surface area contributed by atoms with E-state index in [1.54, 1.807) is 42.6 Å². The Kier molecular flexibility index (Phi) is 5.21. The standard InChI is InChI=1S/C19H21N3O2/c23-18(14-5-2-1-3-6-14)21-16-8-10-17(11-9-16)22-19(24)15-7-4-12-20-13-15/h4,7-14H,1-3,5-6H2,(H,21,23)(H,22,24). The zero-order valence-electron chi connectivity index (χ0n) is 13.5. The average Bonchev–Trinajstić information content (AvgIpc) is 2.65. The molecular formula is C19H21N3O2. The summed E-state index contributed by atoms with van der Waals surface area (Å²) in [6, 6.07) is 10.6. The maximum atomic E-state index is 12.2. The number of hydrogen-bond donors (Lipinski definition) is 2. The first kappa shape index (κ1) is 16.2. The van der Waals surface area contributed by atoms with E-state index in [0.717, 1.165) is 31.4 Å². The van der Waals surface area contributed by atoms with E-state index in [9.17, 15) is 9.59 Å². The molecule has 1 aromatic carbocycles. The Labute approximate surface area is 141 Å². The molecule has 5 nitrogen and oxygen atoms in total. The Morgan fingerprint density at radius 1 is 0.917 bits per heavy atom. The number of carbonyl (C=O) groups excluding carboxylic acids is 2. The van der Waals surface area contributed by atoms with Gasteiger partial charge in [-0.2, -0.15) is 0 Å². The van der Waals surface area contributed by atoms with Crippen LogP contribution in [0.15, 0.2) is 48.8 Å². The van der Waals surface area contributed by atoms with Gasteiger partial charge >= 0.3 is 0 Å². The van der Waals surface area contributed by atoms with Gasteiger partial charge < -0.3 is 10.6 Å². The number of aromatic nitrogens is 1. The van der Waals surface area contributed by atoms with Gasteiger partial charge in [-0.25, -0.2) is 0 Å². The fourth-order valence-electron chi connectivity index (χ4n) is 2.95. The van der Waals surface area contributed by atoms with E-state index in [1.165, 1.54) is 12.6 Å². The minimum atomic E-state index is -0.206. The zero-order chi connectivity index (χ0) is 16.8. The van der Waals surface area contributed by atoms with Gasteiger partial charge in [-0.1, -0.05) is 19.3 Å². The van der Waals surface area contributed by atoms with Crippen molar-refractivity contribution in [2.45, 2.75) is 32.1 Å². The lowest BCUT2D eigenvalue weighted by molar-refractivity contribution is -0.120. The van der Waals surface area contributed by atoms with Crippen LogP contribution >= 0.6 is 0 Å². The van der Waals surface area contributed by atoms with Gasteiger partial charge in [0.2, 0.25) is 5.91 Å². The van der Waals surface area contributed by atoms with Crippen molar-refractivity contribution in [1.82, 2.24) is 4.98 Å². The lowest BCUT2D eigenvalue weighted by atomic mass is 9.88. The largest absolute Gasteiger partial charge is 0.326 e. The molecule has 0 saturated heterocycles. The first-order chi connectivity index (χ1) is 11.7. The fraction of sp³-hybridized carbons (Fsp3) is 0.316. The van der Waals surface area contributed by atoms with Gasteiger partial charge in [0.15, 0.2) is 0 Å². The first-order valence-electron chi connectivity index (χ1n) is 8.35. The fourth-order valence-corrected chi connectivity index (χ4v) is 2.95. The molecule has 0 aliphatic heterocycles. The molecule has 2 aromatic rings. The molecule has 0 spiro atoms. The smallest absolute Gasteiger partial charge is 0.257 e. The van der Waals surface area contributed by atoms with Gasteiger partial charge in [-0.3, -0.25) is 14.6 Å². The van der Waals surface area contributed by atoms with E-state index >= 15 is 0 Å². The molecule has 1 aliphatic rings. The maximum absolute atomic E-state index is 12.2. The third-order valence-electron chi connectivity index (χ3n) is 4.31. The summed E-state index contributed by atoms with van der Waals surface area (Å²) < 4.78 is 0. The number of carbonyl (C=O) groups is 2. The molecule has 0 atom stereocenters. The summed E-state index contributed by atoms with van der Waals surface area (Å²) in [5, 5.41) is 5.77. The van der Waals surface area contributed by atoms with Crippen LogP contribution in [-0.4, -0.2) is 16.8 Å². The maximum Gasteiger partial charge on any atom is 0.257 e. The summed E-state index contributed by atoms with van der Waals surface area (Å²) in [7, 11) is 0. The summed E-state index contributed by atoms with van der Waals surface area (Å²) in [4.78, 5) is 28.2. The molecule has 2 N–H and O–H groups in total. The summed E-state index contributed by atoms with van der Waals surface area (Å²) >= 11 is 0. The van der Waals surface area contributed by atoms with Crippen molar-refractivity contribution in [2.24, 2.45) is 5.92 Å². The number of benzene rings is 1. The van der Waals surface area contributed by atoms with Gasteiger partial charge in [0.1, 0.15) is 0 Å². The van der Waals surface area contributed by atoms with Crippen molar-refractivity contribution >= 4 is 23.2 Å². The van der Waals surface area contributed by atoms with Crippen LogP contribution in [0.5, 0.6) is 0 Å². The molecule has 124 valence electrons. The van der Waals surface area contributed by atoms with Crippen molar-refractivity contribution in [3.8, 4) is 0 Å². The van der Waals surface area contributed by atoms with Crippen molar-refractivity contribution in [2.75, 3.05) is 10.6 Å². The number of anilines is 2. The van der Waals surface area contributed by atoms with Gasteiger partial charge in [0.25, 0.3) is 5.91 Å². The Morgan fingerprint density at radius 3 is 2.21 bits per heavy atom. The van der Waals surface area contributed by atoms with Gasteiger partial charge in [0, 0.05) is 29.7 Å². The Morgan fingerprint density at radius 2 is 1.58 bits per heavy atom. The number of nitrogens with one attached hydrogen (secondary N) is 2. The van der Waals surface area contributed by atoms with Crippen LogP contribution in [-0.2, 0) is 4.79 Å². The Hall–Kier alpha value is -2.69. The van der Waals surface area contributed by atoms with E-state index in [-0.39, 0.29) is 17.7 Å². The highest BCUT2D eigenvalue weighted by molar-refractivity contribution is 6.04. The highest BCUT2D eigenvalue weighted by atomic mass is 16.2. The first-order valence-corrected chi connectivity index (χ1v) is 8.35. The third-order valence-corrected chi connectivity index (χ3v) is 4.31. The number of nitrogens with zero attached hydrogens (tertiary/aromatic N) is 1. The lowest BCUT2D eigenvalue weighted by Gasteiger charge is -2.20. The second-order valence-corrected chi connectivity index (χ2v) is 6.10. The number of rotatable bonds is 4. The molecule has 1 aromatic heterocycles. The molecule has 5 heteroatoms. The number of hydrogen-bond acceptors (Lipinski definition) is 3. The van der Waals surface area contributed by atoms with Crippen LogP contribution in [0.2, 0.25) is 0 Å². The Balaban J connectivity index is 1.57. The van der Waals surface area contributed by atoms with Gasteiger partial charge in [-0.05, 0) is 49.2 Å². The highest BCUT2D eigenvalue weighted by Crippen LogP contribution is 2.25. The molecule has 3 rings (SSSR count). The van der Waals surface area contributed by atoms with Crippen LogP contribution in [0, 0.1) is 5.92 Å². The van der Waals surface area contributed by atoms with Crippen molar-refractivity contribution in [3.63, 3.8) is 0 Å². The molecule has 1 heterocycles. The van der Waals surface area contributed by atoms with E-state index < -0.39 is 0 Å². The van der Waals surface area contributed by atoms with Crippen LogP contribution in [0.1, 0.15) is 42.5 Å². The molecule has 1 fully saturated rings. The minimum Gasteiger partial charge on any atom is -0.326 e. The normalized spacial score (nSPS) is 14.8. The van der Waals surface area contributed by atoms with Crippen molar-refractivity contribution < 1.29 is 9.59 Å². The zero-order valence-corrected chi connectivity index (χ0v) is 13.5. The predicted molar refractivity (Wildman–Crippen MR) is 93.8 cm³/mol. The predicted octanol–water partition coefficient (Wildman–Crippen LogP) is 3.85. The van der Waals surface area contributed by atoms with Crippen LogP contribution in [0.25, 0.3) is 0 Å². The van der Waals surface area contributed by atoms with E-state index in [1.807, 2.05) is 0 Å². The van der Waals surface area contributed by atoms with E-state index in [2.05, 4.69) is 15.6 Å². The number of amides is 2. The summed E-state index contributed by atoms with van der Waals surface area (Å²) in [5.74, 6) is 0.0210. The second-order valence-electron chi connectivity index (χ2n) is 6.10. The summed E-state index contributed by atoms with van der Waals surface area (Å²) in [6.07, 6.45) is 8.61. The van der Waals surface area contributed by atoms with Crippen LogP contribution in [0.4, 0.5) is 11.4 Å². The molecule has 0 bridgehead atoms. The summed E-state index contributed by atoms with van der Waals surface area (Å²) in [6.45, 7) is 0. The molecule has 1 aliphatic carbocycles. The molecule has 24 heavy (non-hydrogen) atoms. The van der Waals surface area contributed by atoms with Crippen LogP contribution < -0.4 is 10.6 Å². The molecule has 0 radical (unpaired) electrons. The van der Waals surface area contributed by atoms with Gasteiger partial charge in [0.05, 0.1) is 5.56 Å². The van der Waals surface area contributed by atoms with E-state index in [0.29, 0.717) is 11.3 Å². The van der Waals surface area contributed by atoms with Crippen LogP contribution in [0.3, 0.4) is 0 Å². The quantitative estimate of drug-likeness (QED) is 0.897. The Bertz CT molecular complexity index is 692. The molecule has 0 unspecified atom stereocenters. The second kappa shape index (κ2) is 7.73. The third kappa shape index (κ3) is 4.19. The minimum absolute atomic E-state index is 0.0989. The SMILES string of the molecule is O=C(Nc1ccc(NC(=O)C2CCCCC2)cc1)c1cccnc1. The number of pyridine rings is 1. The highest BCUT2D eigenvalue weighted by Gasteiger charge is 2.20. The molecule has 2 amide bonds. The molecular weight excluding hydrogens is 302 g/mol. The van der Waals surface area contributed by atoms with E-state index in [4.69, 9.17) is 0 Å². The topological polar surface area (TPSA) is 71.1 Å².